The third kappa shape index (κ3) is 1.36. The molecule has 0 amide bonds. The van der Waals surface area contributed by atoms with Gasteiger partial charge in [-0.25, -0.2) is 0 Å². The van der Waals surface area contributed by atoms with Crippen LogP contribution < -0.4 is 0 Å². The lowest BCUT2D eigenvalue weighted by molar-refractivity contribution is -0.123. The van der Waals surface area contributed by atoms with Gasteiger partial charge in [0.05, 0.1) is 6.26 Å². The van der Waals surface area contributed by atoms with E-state index >= 15 is 0 Å². The number of carbonyl (C=O) groups is 1. The number of rotatable bonds is 0. The molecule has 0 aromatic carbocycles. The standard InChI is InChI=1S/C15H18O2/c1-9-8-17-14-6-11-4-5-13(16)10(2)15(11,3)7-12(9)14/h4-5,8,10-11H,6-7H2,1-3H3. The fraction of sp³-hybridized carbons (Fsp3) is 0.533. The topological polar surface area (TPSA) is 30.2 Å². The second-order valence-electron chi connectivity index (χ2n) is 5.80. The van der Waals surface area contributed by atoms with Crippen LogP contribution in [0.25, 0.3) is 0 Å². The first-order valence-electron chi connectivity index (χ1n) is 6.30. The number of allylic oxidation sites excluding steroid dienone is 2. The SMILES string of the molecule is Cc1coc2c1CC1(C)C(C=CC(=O)C1C)C2. The van der Waals surface area contributed by atoms with Crippen molar-refractivity contribution in [3.8, 4) is 0 Å². The highest BCUT2D eigenvalue weighted by Crippen LogP contribution is 2.49. The summed E-state index contributed by atoms with van der Waals surface area (Å²) >= 11 is 0. The predicted octanol–water partition coefficient (Wildman–Crippen LogP) is 3.08. The van der Waals surface area contributed by atoms with Crippen LogP contribution in [0.1, 0.15) is 30.7 Å². The van der Waals surface area contributed by atoms with E-state index in [2.05, 4.69) is 26.8 Å². The molecular weight excluding hydrogens is 212 g/mol. The lowest BCUT2D eigenvalue weighted by Crippen LogP contribution is -2.44. The molecule has 2 aliphatic rings. The number of ketones is 1. The van der Waals surface area contributed by atoms with E-state index in [1.165, 1.54) is 11.1 Å². The summed E-state index contributed by atoms with van der Waals surface area (Å²) in [6.45, 7) is 6.41. The van der Waals surface area contributed by atoms with E-state index in [0.717, 1.165) is 18.6 Å². The Morgan fingerprint density at radius 1 is 1.47 bits per heavy atom. The molecule has 0 spiro atoms. The Kier molecular flexibility index (Phi) is 2.13. The third-order valence-corrected chi connectivity index (χ3v) is 4.91. The molecule has 0 saturated heterocycles. The molecule has 3 unspecified atom stereocenters. The van der Waals surface area contributed by atoms with Crippen LogP contribution in [0.5, 0.6) is 0 Å². The van der Waals surface area contributed by atoms with Gasteiger partial charge in [0.25, 0.3) is 0 Å². The van der Waals surface area contributed by atoms with Crippen LogP contribution in [0.2, 0.25) is 0 Å². The monoisotopic (exact) mass is 230 g/mol. The molecule has 2 nitrogen and oxygen atoms in total. The molecule has 0 aliphatic heterocycles. The Morgan fingerprint density at radius 3 is 3.00 bits per heavy atom. The maximum atomic E-state index is 11.9. The molecule has 90 valence electrons. The fourth-order valence-corrected chi connectivity index (χ4v) is 3.32. The Hall–Kier alpha value is -1.31. The van der Waals surface area contributed by atoms with E-state index in [1.54, 1.807) is 6.08 Å². The molecule has 0 radical (unpaired) electrons. The average molecular weight is 230 g/mol. The van der Waals surface area contributed by atoms with Crippen molar-refractivity contribution >= 4 is 5.78 Å². The Balaban J connectivity index is 2.09. The molecule has 0 saturated carbocycles. The first-order valence-corrected chi connectivity index (χ1v) is 6.30. The van der Waals surface area contributed by atoms with Gasteiger partial charge in [0.1, 0.15) is 5.76 Å². The number of hydrogen-bond donors (Lipinski definition) is 0. The summed E-state index contributed by atoms with van der Waals surface area (Å²) in [5.41, 5.74) is 2.63. The van der Waals surface area contributed by atoms with Crippen LogP contribution in [-0.4, -0.2) is 5.78 Å². The van der Waals surface area contributed by atoms with Crippen molar-refractivity contribution in [2.75, 3.05) is 0 Å². The van der Waals surface area contributed by atoms with Crippen molar-refractivity contribution in [2.24, 2.45) is 17.3 Å². The van der Waals surface area contributed by atoms with E-state index in [0.29, 0.717) is 5.92 Å². The number of fused-ring (bicyclic) bond motifs is 2. The van der Waals surface area contributed by atoms with Crippen LogP contribution >= 0.6 is 0 Å². The van der Waals surface area contributed by atoms with Crippen molar-refractivity contribution in [1.82, 2.24) is 0 Å². The zero-order chi connectivity index (χ0) is 12.2. The molecule has 1 aromatic rings. The largest absolute Gasteiger partial charge is 0.469 e. The van der Waals surface area contributed by atoms with Gasteiger partial charge in [-0.05, 0) is 41.9 Å². The highest BCUT2D eigenvalue weighted by atomic mass is 16.3. The normalized spacial score (nSPS) is 35.6. The minimum absolute atomic E-state index is 0.0630. The molecule has 2 aliphatic carbocycles. The van der Waals surface area contributed by atoms with Crippen LogP contribution in [0.15, 0.2) is 22.8 Å². The molecule has 0 N–H and O–H groups in total. The maximum absolute atomic E-state index is 11.9. The van der Waals surface area contributed by atoms with Gasteiger partial charge in [0, 0.05) is 12.3 Å². The van der Waals surface area contributed by atoms with E-state index in [1.807, 2.05) is 6.26 Å². The van der Waals surface area contributed by atoms with Gasteiger partial charge in [0.15, 0.2) is 5.78 Å². The smallest absolute Gasteiger partial charge is 0.158 e. The van der Waals surface area contributed by atoms with Crippen LogP contribution in [0.4, 0.5) is 0 Å². The second kappa shape index (κ2) is 3.34. The molecular formula is C15H18O2. The van der Waals surface area contributed by atoms with Gasteiger partial charge >= 0.3 is 0 Å². The lowest BCUT2D eigenvalue weighted by Gasteiger charge is -2.45. The zero-order valence-corrected chi connectivity index (χ0v) is 10.6. The molecule has 17 heavy (non-hydrogen) atoms. The molecule has 1 heterocycles. The van der Waals surface area contributed by atoms with Crippen LogP contribution in [0, 0.1) is 24.2 Å². The van der Waals surface area contributed by atoms with Crippen molar-refractivity contribution in [1.29, 1.82) is 0 Å². The highest BCUT2D eigenvalue weighted by Gasteiger charge is 2.47. The molecule has 3 atom stereocenters. The van der Waals surface area contributed by atoms with Crippen LogP contribution in [-0.2, 0) is 17.6 Å². The Morgan fingerprint density at radius 2 is 2.24 bits per heavy atom. The summed E-state index contributed by atoms with van der Waals surface area (Å²) < 4.78 is 5.62. The number of furan rings is 1. The van der Waals surface area contributed by atoms with E-state index in [9.17, 15) is 4.79 Å². The minimum Gasteiger partial charge on any atom is -0.469 e. The van der Waals surface area contributed by atoms with Crippen LogP contribution in [0.3, 0.4) is 0 Å². The lowest BCUT2D eigenvalue weighted by atomic mass is 9.57. The quantitative estimate of drug-likeness (QED) is 0.685. The van der Waals surface area contributed by atoms with Gasteiger partial charge in [-0.2, -0.15) is 0 Å². The summed E-state index contributed by atoms with van der Waals surface area (Å²) in [5, 5.41) is 0. The number of aryl methyl sites for hydroxylation is 1. The summed E-state index contributed by atoms with van der Waals surface area (Å²) in [5.74, 6) is 1.94. The number of carbonyl (C=O) groups excluding carboxylic acids is 1. The highest BCUT2D eigenvalue weighted by molar-refractivity contribution is 5.93. The van der Waals surface area contributed by atoms with Gasteiger partial charge in [-0.3, -0.25) is 4.79 Å². The maximum Gasteiger partial charge on any atom is 0.158 e. The third-order valence-electron chi connectivity index (χ3n) is 4.91. The summed E-state index contributed by atoms with van der Waals surface area (Å²) in [7, 11) is 0. The zero-order valence-electron chi connectivity index (χ0n) is 10.6. The molecule has 2 heteroatoms. The average Bonchev–Trinajstić information content (AvgIpc) is 2.64. The minimum atomic E-state index is 0.0630. The Labute approximate surface area is 102 Å². The van der Waals surface area contributed by atoms with Gasteiger partial charge < -0.3 is 4.42 Å². The van der Waals surface area contributed by atoms with E-state index < -0.39 is 0 Å². The van der Waals surface area contributed by atoms with Crippen molar-refractivity contribution < 1.29 is 9.21 Å². The Bertz CT molecular complexity index is 509. The van der Waals surface area contributed by atoms with Crippen molar-refractivity contribution in [2.45, 2.75) is 33.6 Å². The summed E-state index contributed by atoms with van der Waals surface area (Å²) in [6, 6.07) is 0. The van der Waals surface area contributed by atoms with E-state index in [-0.39, 0.29) is 17.1 Å². The van der Waals surface area contributed by atoms with Gasteiger partial charge in [-0.1, -0.05) is 19.9 Å². The molecule has 0 fully saturated rings. The first kappa shape index (κ1) is 10.8. The van der Waals surface area contributed by atoms with E-state index in [4.69, 9.17) is 4.42 Å². The molecule has 1 aromatic heterocycles. The molecule has 0 bridgehead atoms. The van der Waals surface area contributed by atoms with Gasteiger partial charge in [0.2, 0.25) is 0 Å². The summed E-state index contributed by atoms with van der Waals surface area (Å²) in [4.78, 5) is 11.9. The van der Waals surface area contributed by atoms with Crippen molar-refractivity contribution in [3.05, 3.63) is 35.3 Å². The molecule has 3 rings (SSSR count). The van der Waals surface area contributed by atoms with Crippen molar-refractivity contribution in [3.63, 3.8) is 0 Å². The fourth-order valence-electron chi connectivity index (χ4n) is 3.32. The predicted molar refractivity (Wildman–Crippen MR) is 65.8 cm³/mol. The first-order chi connectivity index (χ1) is 8.02. The number of hydrogen-bond acceptors (Lipinski definition) is 2. The second-order valence-corrected chi connectivity index (χ2v) is 5.80. The van der Waals surface area contributed by atoms with Gasteiger partial charge in [-0.15, -0.1) is 0 Å². The summed E-state index contributed by atoms with van der Waals surface area (Å²) in [6.07, 6.45) is 7.60.